The standard InChI is InChI=1S/C26H16Cl2N6S/c27-17-7-5-16(6-8-17)23-20-3-1-2-4-21(20)25(33-32-23)31-18-9-11-19(12-10-18)35-26-24-22(28)13-14-34(24)30-15-29-26/h1-15H,(H,31,33). The van der Waals surface area contributed by atoms with Gasteiger partial charge in [-0.2, -0.15) is 5.10 Å². The highest BCUT2D eigenvalue weighted by Gasteiger charge is 2.12. The molecular weight excluding hydrogens is 499 g/mol. The van der Waals surface area contributed by atoms with Crippen molar-refractivity contribution in [3.8, 4) is 11.3 Å². The van der Waals surface area contributed by atoms with Crippen molar-refractivity contribution >= 4 is 62.8 Å². The van der Waals surface area contributed by atoms with Gasteiger partial charge in [0, 0.05) is 38.1 Å². The van der Waals surface area contributed by atoms with E-state index in [1.54, 1.807) is 4.52 Å². The third-order valence-corrected chi connectivity index (χ3v) is 7.06. The molecule has 35 heavy (non-hydrogen) atoms. The van der Waals surface area contributed by atoms with Crippen molar-refractivity contribution in [2.75, 3.05) is 5.32 Å². The van der Waals surface area contributed by atoms with Crippen LogP contribution in [-0.2, 0) is 0 Å². The minimum atomic E-state index is 0.624. The van der Waals surface area contributed by atoms with Crippen LogP contribution in [0.4, 0.5) is 11.5 Å². The zero-order chi connectivity index (χ0) is 23.8. The lowest BCUT2D eigenvalue weighted by molar-refractivity contribution is 0.865. The monoisotopic (exact) mass is 514 g/mol. The maximum atomic E-state index is 6.32. The second-order valence-electron chi connectivity index (χ2n) is 7.72. The fourth-order valence-electron chi connectivity index (χ4n) is 3.84. The van der Waals surface area contributed by atoms with Crippen molar-refractivity contribution in [3.05, 3.63) is 101 Å². The first-order chi connectivity index (χ1) is 17.2. The van der Waals surface area contributed by atoms with Gasteiger partial charge in [-0.1, -0.05) is 71.4 Å². The van der Waals surface area contributed by atoms with Crippen LogP contribution < -0.4 is 5.32 Å². The van der Waals surface area contributed by atoms with Crippen molar-refractivity contribution < 1.29 is 0 Å². The molecule has 3 heterocycles. The summed E-state index contributed by atoms with van der Waals surface area (Å²) in [4.78, 5) is 5.43. The Morgan fingerprint density at radius 3 is 2.37 bits per heavy atom. The van der Waals surface area contributed by atoms with E-state index in [1.165, 1.54) is 18.1 Å². The van der Waals surface area contributed by atoms with Crippen LogP contribution in [0.15, 0.2) is 101 Å². The van der Waals surface area contributed by atoms with E-state index in [9.17, 15) is 0 Å². The predicted molar refractivity (Wildman–Crippen MR) is 142 cm³/mol. The number of rotatable bonds is 5. The Kier molecular flexibility index (Phi) is 5.74. The average molecular weight is 515 g/mol. The Morgan fingerprint density at radius 1 is 0.800 bits per heavy atom. The van der Waals surface area contributed by atoms with E-state index in [2.05, 4.69) is 25.6 Å². The molecule has 0 unspecified atom stereocenters. The molecule has 6 rings (SSSR count). The maximum absolute atomic E-state index is 6.32. The van der Waals surface area contributed by atoms with Gasteiger partial charge in [-0.05, 0) is 42.5 Å². The Hall–Kier alpha value is -3.65. The van der Waals surface area contributed by atoms with Gasteiger partial charge < -0.3 is 5.32 Å². The minimum Gasteiger partial charge on any atom is -0.338 e. The Labute approximate surface area is 214 Å². The van der Waals surface area contributed by atoms with E-state index in [0.29, 0.717) is 15.9 Å². The molecule has 0 aliphatic rings. The second-order valence-corrected chi connectivity index (χ2v) is 9.63. The predicted octanol–water partition coefficient (Wildman–Crippen LogP) is 7.54. The summed E-state index contributed by atoms with van der Waals surface area (Å²) >= 11 is 13.9. The van der Waals surface area contributed by atoms with Crippen LogP contribution in [0.1, 0.15) is 0 Å². The maximum Gasteiger partial charge on any atom is 0.161 e. The number of fused-ring (bicyclic) bond motifs is 2. The quantitative estimate of drug-likeness (QED) is 0.256. The van der Waals surface area contributed by atoms with E-state index >= 15 is 0 Å². The average Bonchev–Trinajstić information content (AvgIpc) is 3.28. The molecule has 1 N–H and O–H groups in total. The smallest absolute Gasteiger partial charge is 0.161 e. The lowest BCUT2D eigenvalue weighted by atomic mass is 10.0. The van der Waals surface area contributed by atoms with E-state index in [1.807, 2.05) is 85.1 Å². The molecule has 0 atom stereocenters. The molecule has 3 aromatic heterocycles. The highest BCUT2D eigenvalue weighted by molar-refractivity contribution is 7.99. The summed E-state index contributed by atoms with van der Waals surface area (Å²) in [6, 6.07) is 25.6. The summed E-state index contributed by atoms with van der Waals surface area (Å²) in [6.45, 7) is 0. The molecule has 0 fully saturated rings. The van der Waals surface area contributed by atoms with Crippen molar-refractivity contribution in [2.45, 2.75) is 9.92 Å². The molecule has 0 bridgehead atoms. The van der Waals surface area contributed by atoms with Crippen LogP contribution in [0.25, 0.3) is 27.5 Å². The van der Waals surface area contributed by atoms with Gasteiger partial charge in [0.15, 0.2) is 5.82 Å². The number of hydrogen-bond acceptors (Lipinski definition) is 6. The Bertz CT molecular complexity index is 1670. The number of halogens is 2. The lowest BCUT2D eigenvalue weighted by Crippen LogP contribution is -1.99. The number of hydrogen-bond donors (Lipinski definition) is 1. The fraction of sp³-hybridized carbons (Fsp3) is 0. The highest BCUT2D eigenvalue weighted by Crippen LogP contribution is 2.34. The number of benzene rings is 3. The van der Waals surface area contributed by atoms with Gasteiger partial charge in [0.2, 0.25) is 0 Å². The summed E-state index contributed by atoms with van der Waals surface area (Å²) in [5, 5.41) is 20.7. The molecule has 9 heteroatoms. The SMILES string of the molecule is Clc1ccc(-c2nnc(Nc3ccc(Sc4ncnn5ccc(Cl)c45)cc3)c3ccccc23)cc1. The van der Waals surface area contributed by atoms with E-state index in [0.717, 1.165) is 43.2 Å². The first-order valence-electron chi connectivity index (χ1n) is 10.7. The van der Waals surface area contributed by atoms with E-state index in [4.69, 9.17) is 23.2 Å². The first-order valence-corrected chi connectivity index (χ1v) is 12.3. The van der Waals surface area contributed by atoms with Crippen LogP contribution in [0.3, 0.4) is 0 Å². The summed E-state index contributed by atoms with van der Waals surface area (Å²) in [6.07, 6.45) is 3.35. The van der Waals surface area contributed by atoms with E-state index in [-0.39, 0.29) is 0 Å². The molecule has 170 valence electrons. The lowest BCUT2D eigenvalue weighted by Gasteiger charge is -2.12. The van der Waals surface area contributed by atoms with Crippen LogP contribution in [0.2, 0.25) is 10.0 Å². The highest BCUT2D eigenvalue weighted by atomic mass is 35.5. The van der Waals surface area contributed by atoms with Crippen molar-refractivity contribution in [1.82, 2.24) is 24.8 Å². The molecule has 0 amide bonds. The summed E-state index contributed by atoms with van der Waals surface area (Å²) in [5.41, 5.74) is 3.48. The number of anilines is 2. The topological polar surface area (TPSA) is 68.0 Å². The largest absolute Gasteiger partial charge is 0.338 e. The molecule has 0 saturated carbocycles. The Morgan fingerprint density at radius 2 is 1.57 bits per heavy atom. The van der Waals surface area contributed by atoms with Gasteiger partial charge in [0.05, 0.1) is 5.02 Å². The Balaban J connectivity index is 1.28. The van der Waals surface area contributed by atoms with Crippen LogP contribution >= 0.6 is 35.0 Å². The number of nitrogens with one attached hydrogen (secondary N) is 1. The molecule has 0 aliphatic heterocycles. The summed E-state index contributed by atoms with van der Waals surface area (Å²) in [7, 11) is 0. The van der Waals surface area contributed by atoms with Crippen LogP contribution in [0, 0.1) is 0 Å². The van der Waals surface area contributed by atoms with Gasteiger partial charge in [-0.15, -0.1) is 10.2 Å². The van der Waals surface area contributed by atoms with Gasteiger partial charge in [0.25, 0.3) is 0 Å². The number of nitrogens with zero attached hydrogens (tertiary/aromatic N) is 5. The summed E-state index contributed by atoms with van der Waals surface area (Å²) < 4.78 is 1.73. The van der Waals surface area contributed by atoms with Gasteiger partial charge in [0.1, 0.15) is 22.6 Å². The molecular formula is C26H16Cl2N6S. The number of aromatic nitrogens is 5. The van der Waals surface area contributed by atoms with E-state index < -0.39 is 0 Å². The molecule has 3 aromatic carbocycles. The third-order valence-electron chi connectivity index (χ3n) is 5.51. The van der Waals surface area contributed by atoms with Gasteiger partial charge >= 0.3 is 0 Å². The van der Waals surface area contributed by atoms with Crippen LogP contribution in [-0.4, -0.2) is 24.8 Å². The third kappa shape index (κ3) is 4.30. The second kappa shape index (κ2) is 9.19. The van der Waals surface area contributed by atoms with Crippen LogP contribution in [0.5, 0.6) is 0 Å². The summed E-state index contributed by atoms with van der Waals surface area (Å²) in [5.74, 6) is 0.691. The van der Waals surface area contributed by atoms with Gasteiger partial charge in [-0.3, -0.25) is 0 Å². The minimum absolute atomic E-state index is 0.624. The molecule has 0 spiro atoms. The van der Waals surface area contributed by atoms with Crippen molar-refractivity contribution in [3.63, 3.8) is 0 Å². The zero-order valence-electron chi connectivity index (χ0n) is 18.1. The molecule has 6 nitrogen and oxygen atoms in total. The van der Waals surface area contributed by atoms with Crippen molar-refractivity contribution in [1.29, 1.82) is 0 Å². The normalized spacial score (nSPS) is 11.3. The zero-order valence-corrected chi connectivity index (χ0v) is 20.4. The molecule has 0 radical (unpaired) electrons. The molecule has 0 saturated heterocycles. The fourth-order valence-corrected chi connectivity index (χ4v) is 5.15. The van der Waals surface area contributed by atoms with Gasteiger partial charge in [-0.25, -0.2) is 9.50 Å². The molecule has 6 aromatic rings. The first kappa shape index (κ1) is 21.9. The van der Waals surface area contributed by atoms with Crippen molar-refractivity contribution in [2.24, 2.45) is 0 Å². The molecule has 0 aliphatic carbocycles.